The van der Waals surface area contributed by atoms with Crippen LogP contribution in [0.4, 0.5) is 0 Å². The molecule has 1 saturated heterocycles. The molecule has 0 aromatic heterocycles. The van der Waals surface area contributed by atoms with E-state index in [-0.39, 0.29) is 38.0 Å². The van der Waals surface area contributed by atoms with Gasteiger partial charge >= 0.3 is 13.1 Å². The Hall–Kier alpha value is -1.04. The first-order valence-corrected chi connectivity index (χ1v) is 7.36. The van der Waals surface area contributed by atoms with Crippen LogP contribution in [0.25, 0.3) is 0 Å². The number of aliphatic carboxylic acids is 1. The van der Waals surface area contributed by atoms with E-state index in [9.17, 15) is 14.7 Å². The lowest BCUT2D eigenvalue weighted by Crippen LogP contribution is -2.53. The van der Waals surface area contributed by atoms with E-state index in [1.165, 1.54) is 5.01 Å². The summed E-state index contributed by atoms with van der Waals surface area (Å²) in [7, 11) is -1.41. The first kappa shape index (κ1) is 19.0. The van der Waals surface area contributed by atoms with Gasteiger partial charge in [0.2, 0.25) is 0 Å². The number of nitrogens with two attached hydrogens (primary N) is 3. The van der Waals surface area contributed by atoms with Crippen molar-refractivity contribution in [2.24, 2.45) is 23.2 Å². The first-order valence-electron chi connectivity index (χ1n) is 7.36. The van der Waals surface area contributed by atoms with Gasteiger partial charge in [-0.3, -0.25) is 15.4 Å². The number of carboxylic acid groups (broad SMARTS) is 1. The van der Waals surface area contributed by atoms with Crippen LogP contribution in [0.1, 0.15) is 25.7 Å². The molecule has 0 aromatic carbocycles. The smallest absolute Gasteiger partial charge is 0.451 e. The number of hydrogen-bond acceptors (Lipinski definition) is 8. The predicted octanol–water partition coefficient (Wildman–Crippen LogP) is -2.50. The van der Waals surface area contributed by atoms with Crippen molar-refractivity contribution in [2.75, 3.05) is 13.1 Å². The largest absolute Gasteiger partial charge is 0.480 e. The van der Waals surface area contributed by atoms with Crippen LogP contribution in [0.3, 0.4) is 0 Å². The number of carbonyl (C=O) groups excluding carboxylic acids is 1. The molecule has 0 aliphatic carbocycles. The van der Waals surface area contributed by atoms with Gasteiger partial charge in [0.15, 0.2) is 5.78 Å². The molecule has 0 saturated carbocycles. The monoisotopic (exact) mass is 316 g/mol. The van der Waals surface area contributed by atoms with Gasteiger partial charge in [0.1, 0.15) is 5.54 Å². The van der Waals surface area contributed by atoms with Crippen molar-refractivity contribution < 1.29 is 24.7 Å². The number of hydrazine groups is 1. The van der Waals surface area contributed by atoms with E-state index in [0.717, 1.165) is 0 Å². The van der Waals surface area contributed by atoms with E-state index < -0.39 is 30.6 Å². The quantitative estimate of drug-likeness (QED) is 0.152. The number of ketones is 1. The molecule has 1 fully saturated rings. The fraction of sp³-hybridized carbons (Fsp3) is 0.833. The van der Waals surface area contributed by atoms with Gasteiger partial charge in [-0.2, -0.15) is 0 Å². The Morgan fingerprint density at radius 3 is 2.50 bits per heavy atom. The minimum atomic E-state index is -1.41. The van der Waals surface area contributed by atoms with Crippen molar-refractivity contribution in [2.45, 2.75) is 43.6 Å². The number of rotatable bonds is 9. The molecule has 126 valence electrons. The summed E-state index contributed by atoms with van der Waals surface area (Å²) in [5.74, 6) is 3.95. The highest BCUT2D eigenvalue weighted by atomic mass is 16.4. The van der Waals surface area contributed by atoms with Gasteiger partial charge in [0, 0.05) is 19.0 Å². The summed E-state index contributed by atoms with van der Waals surface area (Å²) < 4.78 is 0. The van der Waals surface area contributed by atoms with Crippen LogP contribution in [-0.2, 0) is 9.59 Å². The third-order valence-corrected chi connectivity index (χ3v) is 4.27. The van der Waals surface area contributed by atoms with Gasteiger partial charge < -0.3 is 26.6 Å². The molecule has 9 N–H and O–H groups in total. The molecular weight excluding hydrogens is 291 g/mol. The second-order valence-electron chi connectivity index (χ2n) is 5.86. The van der Waals surface area contributed by atoms with E-state index in [4.69, 9.17) is 27.4 Å². The van der Waals surface area contributed by atoms with E-state index in [1.807, 2.05) is 0 Å². The number of Topliss-reactive ketones (excluding diaryl/α,β-unsaturated/α-hetero) is 1. The molecule has 1 aliphatic heterocycles. The molecular formula is C12H25BN4O5. The Bertz CT molecular complexity index is 411. The van der Waals surface area contributed by atoms with Crippen molar-refractivity contribution in [3.05, 3.63) is 0 Å². The number of carbonyl (C=O) groups is 2. The molecule has 1 rings (SSSR count). The molecule has 0 bridgehead atoms. The maximum Gasteiger partial charge on any atom is 0.451 e. The summed E-state index contributed by atoms with van der Waals surface area (Å²) in [6, 6.07) is -0.812. The second-order valence-corrected chi connectivity index (χ2v) is 5.86. The van der Waals surface area contributed by atoms with Crippen LogP contribution in [0.2, 0.25) is 6.32 Å². The van der Waals surface area contributed by atoms with Crippen molar-refractivity contribution >= 4 is 18.9 Å². The zero-order valence-corrected chi connectivity index (χ0v) is 12.5. The highest BCUT2D eigenvalue weighted by molar-refractivity contribution is 6.40. The van der Waals surface area contributed by atoms with E-state index in [2.05, 4.69) is 0 Å². The normalized spacial score (nSPS) is 26.9. The summed E-state index contributed by atoms with van der Waals surface area (Å²) in [5, 5.41) is 28.4. The van der Waals surface area contributed by atoms with Crippen LogP contribution in [0, 0.1) is 5.92 Å². The molecule has 9 nitrogen and oxygen atoms in total. The number of hydrogen-bond donors (Lipinski definition) is 6. The molecule has 0 amide bonds. The van der Waals surface area contributed by atoms with E-state index in [0.29, 0.717) is 12.8 Å². The molecule has 0 aromatic rings. The van der Waals surface area contributed by atoms with Gasteiger partial charge in [0.05, 0.1) is 6.04 Å². The zero-order chi connectivity index (χ0) is 16.9. The van der Waals surface area contributed by atoms with Crippen molar-refractivity contribution in [3.63, 3.8) is 0 Å². The lowest BCUT2D eigenvalue weighted by molar-refractivity contribution is -0.150. The summed E-state index contributed by atoms with van der Waals surface area (Å²) >= 11 is 0. The molecule has 22 heavy (non-hydrogen) atoms. The minimum Gasteiger partial charge on any atom is -0.480 e. The van der Waals surface area contributed by atoms with Gasteiger partial charge in [0.25, 0.3) is 0 Å². The standard InChI is InChI=1S/C12H25BN4O5/c14-6-9(15)10(18)8-5-12(11(19)20,17(16)7-8)3-1-2-4-13(21)22/h8-9,21-22H,1-7,14-16H2,(H,19,20)/t8-,9?,12-/m1/s1. The molecule has 10 heteroatoms. The first-order chi connectivity index (χ1) is 10.2. The molecule has 0 spiro atoms. The van der Waals surface area contributed by atoms with Crippen molar-refractivity contribution in [3.8, 4) is 0 Å². The number of carboxylic acids is 1. The Balaban J connectivity index is 2.73. The Morgan fingerprint density at radius 2 is 2.00 bits per heavy atom. The number of unbranched alkanes of at least 4 members (excludes halogenated alkanes) is 1. The summed E-state index contributed by atoms with van der Waals surface area (Å²) in [6.07, 6.45) is 1.41. The summed E-state index contributed by atoms with van der Waals surface area (Å²) in [4.78, 5) is 23.8. The van der Waals surface area contributed by atoms with Gasteiger partial charge in [-0.25, -0.2) is 5.01 Å². The SMILES string of the molecule is NCC(N)C(=O)[C@H]1CN(N)[C@@](CCCCB(O)O)(C(=O)O)C1. The molecule has 1 unspecified atom stereocenters. The van der Waals surface area contributed by atoms with E-state index >= 15 is 0 Å². The van der Waals surface area contributed by atoms with Crippen LogP contribution < -0.4 is 17.3 Å². The summed E-state index contributed by atoms with van der Waals surface area (Å²) in [5.41, 5.74) is 9.67. The predicted molar refractivity (Wildman–Crippen MR) is 80.3 cm³/mol. The van der Waals surface area contributed by atoms with Gasteiger partial charge in [-0.1, -0.05) is 12.8 Å². The Kier molecular flexibility index (Phi) is 6.91. The van der Waals surface area contributed by atoms with Crippen LogP contribution >= 0.6 is 0 Å². The van der Waals surface area contributed by atoms with Crippen molar-refractivity contribution in [1.82, 2.24) is 5.01 Å². The summed E-state index contributed by atoms with van der Waals surface area (Å²) in [6.45, 7) is 0.135. The third-order valence-electron chi connectivity index (χ3n) is 4.27. The lowest BCUT2D eigenvalue weighted by Gasteiger charge is -2.31. The molecule has 1 heterocycles. The van der Waals surface area contributed by atoms with Crippen LogP contribution in [-0.4, -0.2) is 63.7 Å². The topological polar surface area (TPSA) is 176 Å². The Labute approximate surface area is 129 Å². The van der Waals surface area contributed by atoms with Gasteiger partial charge in [-0.05, 0) is 19.2 Å². The molecule has 1 aliphatic rings. The van der Waals surface area contributed by atoms with Crippen LogP contribution in [0.5, 0.6) is 0 Å². The molecule has 3 atom stereocenters. The fourth-order valence-corrected chi connectivity index (χ4v) is 2.92. The average Bonchev–Trinajstić information content (AvgIpc) is 2.80. The maximum atomic E-state index is 12.1. The average molecular weight is 316 g/mol. The maximum absolute atomic E-state index is 12.1. The minimum absolute atomic E-state index is 0.00830. The Morgan fingerprint density at radius 1 is 1.36 bits per heavy atom. The second kappa shape index (κ2) is 8.00. The van der Waals surface area contributed by atoms with Gasteiger partial charge in [-0.15, -0.1) is 0 Å². The third kappa shape index (κ3) is 4.25. The number of nitrogens with zero attached hydrogens (tertiary/aromatic N) is 1. The fourth-order valence-electron chi connectivity index (χ4n) is 2.92. The lowest BCUT2D eigenvalue weighted by atomic mass is 9.80. The van der Waals surface area contributed by atoms with E-state index in [1.54, 1.807) is 0 Å². The highest BCUT2D eigenvalue weighted by Crippen LogP contribution is 2.36. The molecule has 0 radical (unpaired) electrons. The highest BCUT2D eigenvalue weighted by Gasteiger charge is 2.52. The zero-order valence-electron chi connectivity index (χ0n) is 12.5. The van der Waals surface area contributed by atoms with Crippen molar-refractivity contribution in [1.29, 1.82) is 0 Å². The van der Waals surface area contributed by atoms with Crippen LogP contribution in [0.15, 0.2) is 0 Å².